The van der Waals surface area contributed by atoms with Crippen LogP contribution in [0, 0.1) is 11.8 Å². The van der Waals surface area contributed by atoms with Gasteiger partial charge in [0.2, 0.25) is 6.08 Å². The smallest absolute Gasteiger partial charge is 0.410 e. The summed E-state index contributed by atoms with van der Waals surface area (Å²) in [5.74, 6) is 1.02. The third-order valence-electron chi connectivity index (χ3n) is 5.08. The Balaban J connectivity index is 1.71. The first kappa shape index (κ1) is 21.3. The van der Waals surface area contributed by atoms with Crippen LogP contribution in [0.25, 0.3) is 0 Å². The highest BCUT2D eigenvalue weighted by atomic mass is 16.6. The van der Waals surface area contributed by atoms with E-state index in [1.807, 2.05) is 12.1 Å². The number of hydrogen-bond acceptors (Lipinski definition) is 6. The first-order valence-electron chi connectivity index (χ1n) is 10.0. The van der Waals surface area contributed by atoms with Crippen LogP contribution in [0.3, 0.4) is 0 Å². The first-order chi connectivity index (χ1) is 14.7. The zero-order valence-electron chi connectivity index (χ0n) is 16.6. The molecule has 0 aromatic heterocycles. The number of benzene rings is 2. The van der Waals surface area contributed by atoms with Crippen molar-refractivity contribution in [3.05, 3.63) is 60.7 Å². The number of carbonyl (C=O) groups is 2. The van der Waals surface area contributed by atoms with Crippen LogP contribution in [0.4, 0.5) is 9.59 Å². The Labute approximate surface area is 175 Å². The number of carbonyl (C=O) groups excluding carboxylic acids is 3. The van der Waals surface area contributed by atoms with E-state index in [4.69, 9.17) is 9.47 Å². The van der Waals surface area contributed by atoms with Gasteiger partial charge in [-0.2, -0.15) is 0 Å². The molecule has 7 nitrogen and oxygen atoms in total. The van der Waals surface area contributed by atoms with Gasteiger partial charge in [0.25, 0.3) is 0 Å². The molecular formula is C23H24N2O5. The topological polar surface area (TPSA) is 85.3 Å². The highest BCUT2D eigenvalue weighted by molar-refractivity contribution is 5.89. The van der Waals surface area contributed by atoms with Gasteiger partial charge in [0.1, 0.15) is 11.5 Å². The largest absolute Gasteiger partial charge is 0.424 e. The molecule has 1 fully saturated rings. The van der Waals surface area contributed by atoms with Crippen LogP contribution >= 0.6 is 0 Å². The highest BCUT2D eigenvalue weighted by Crippen LogP contribution is 2.30. The normalized spacial score (nSPS) is 18.0. The Hall–Kier alpha value is -3.44. The van der Waals surface area contributed by atoms with E-state index in [9.17, 15) is 14.4 Å². The van der Waals surface area contributed by atoms with Crippen molar-refractivity contribution in [2.24, 2.45) is 16.8 Å². The van der Waals surface area contributed by atoms with Gasteiger partial charge in [-0.25, -0.2) is 24.3 Å². The molecule has 7 heteroatoms. The molecule has 3 rings (SSSR count). The quantitative estimate of drug-likeness (QED) is 0.505. The highest BCUT2D eigenvalue weighted by Gasteiger charge is 2.31. The molecule has 1 aliphatic carbocycles. The second-order valence-corrected chi connectivity index (χ2v) is 7.30. The van der Waals surface area contributed by atoms with Crippen molar-refractivity contribution >= 4 is 18.3 Å². The van der Waals surface area contributed by atoms with Gasteiger partial charge in [-0.3, -0.25) is 0 Å². The molecule has 0 aliphatic heterocycles. The van der Waals surface area contributed by atoms with E-state index in [1.165, 1.54) is 0 Å². The lowest BCUT2D eigenvalue weighted by molar-refractivity contribution is 0.116. The van der Waals surface area contributed by atoms with Gasteiger partial charge in [0.15, 0.2) is 0 Å². The summed E-state index contributed by atoms with van der Waals surface area (Å²) in [5.41, 5.74) is 0. The molecule has 0 N–H and O–H groups in total. The van der Waals surface area contributed by atoms with Crippen molar-refractivity contribution in [1.82, 2.24) is 4.90 Å². The summed E-state index contributed by atoms with van der Waals surface area (Å²) in [6.07, 6.45) is 3.55. The maximum atomic E-state index is 12.8. The van der Waals surface area contributed by atoms with E-state index in [-0.39, 0.29) is 18.4 Å². The predicted octanol–water partition coefficient (Wildman–Crippen LogP) is 4.83. The van der Waals surface area contributed by atoms with E-state index in [0.717, 1.165) is 30.6 Å². The van der Waals surface area contributed by atoms with Crippen LogP contribution in [0.15, 0.2) is 65.7 Å². The average molecular weight is 408 g/mol. The van der Waals surface area contributed by atoms with E-state index in [0.29, 0.717) is 18.0 Å². The Kier molecular flexibility index (Phi) is 7.75. The molecule has 0 bridgehead atoms. The number of amides is 2. The molecule has 0 saturated heterocycles. The molecule has 2 aromatic rings. The number of para-hydroxylation sites is 2. The minimum Gasteiger partial charge on any atom is -0.410 e. The SMILES string of the molecule is O=C=NCC1CCCC(CN(C(=O)Oc2ccccc2)C(=O)Oc2ccccc2)C1. The van der Waals surface area contributed by atoms with Crippen LogP contribution in [0.2, 0.25) is 0 Å². The number of isocyanates is 1. The summed E-state index contributed by atoms with van der Waals surface area (Å²) in [7, 11) is 0. The van der Waals surface area contributed by atoms with Gasteiger partial charge in [0.05, 0.1) is 6.54 Å². The number of rotatable bonds is 6. The molecule has 0 heterocycles. The predicted molar refractivity (Wildman–Crippen MR) is 110 cm³/mol. The molecule has 2 unspecified atom stereocenters. The Morgan fingerprint density at radius 2 is 1.43 bits per heavy atom. The molecular weight excluding hydrogens is 384 g/mol. The van der Waals surface area contributed by atoms with Gasteiger partial charge in [0, 0.05) is 6.54 Å². The van der Waals surface area contributed by atoms with E-state index >= 15 is 0 Å². The second kappa shape index (κ2) is 10.9. The summed E-state index contributed by atoms with van der Waals surface area (Å²) in [5, 5.41) is 0. The zero-order chi connectivity index (χ0) is 21.2. The fourth-order valence-electron chi connectivity index (χ4n) is 3.67. The average Bonchev–Trinajstić information content (AvgIpc) is 2.77. The summed E-state index contributed by atoms with van der Waals surface area (Å²) in [6, 6.07) is 17.2. The first-order valence-corrected chi connectivity index (χ1v) is 10.0. The van der Waals surface area contributed by atoms with Crippen molar-refractivity contribution in [1.29, 1.82) is 0 Å². The molecule has 0 spiro atoms. The molecule has 1 saturated carbocycles. The molecule has 30 heavy (non-hydrogen) atoms. The van der Waals surface area contributed by atoms with Crippen LogP contribution in [0.5, 0.6) is 11.5 Å². The maximum absolute atomic E-state index is 12.8. The van der Waals surface area contributed by atoms with Gasteiger partial charge in [-0.1, -0.05) is 42.8 Å². The minimum absolute atomic E-state index is 0.0808. The standard InChI is InChI=1S/C23H24N2O5/c26-17-24-15-18-8-7-9-19(14-18)16-25(22(27)29-20-10-3-1-4-11-20)23(28)30-21-12-5-2-6-13-21/h1-6,10-13,18-19H,7-9,14-16H2. The van der Waals surface area contributed by atoms with Crippen LogP contribution in [0.1, 0.15) is 25.7 Å². The molecule has 1 aliphatic rings. The molecule has 2 aromatic carbocycles. The van der Waals surface area contributed by atoms with Crippen LogP contribution < -0.4 is 9.47 Å². The van der Waals surface area contributed by atoms with E-state index < -0.39 is 12.2 Å². The molecule has 2 atom stereocenters. The molecule has 2 amide bonds. The Bertz CT molecular complexity index is 827. The summed E-state index contributed by atoms with van der Waals surface area (Å²) < 4.78 is 10.8. The van der Waals surface area contributed by atoms with Crippen molar-refractivity contribution in [2.45, 2.75) is 25.7 Å². The fraction of sp³-hybridized carbons (Fsp3) is 0.348. The lowest BCUT2D eigenvalue weighted by atomic mass is 9.81. The number of imide groups is 1. The van der Waals surface area contributed by atoms with Gasteiger partial charge in [-0.15, -0.1) is 0 Å². The third-order valence-corrected chi connectivity index (χ3v) is 5.08. The third kappa shape index (κ3) is 6.29. The summed E-state index contributed by atoms with van der Waals surface area (Å²) in [6.45, 7) is 0.599. The Morgan fingerprint density at radius 1 is 0.900 bits per heavy atom. The van der Waals surface area contributed by atoms with Gasteiger partial charge >= 0.3 is 12.2 Å². The van der Waals surface area contributed by atoms with Gasteiger partial charge in [-0.05, 0) is 55.4 Å². The minimum atomic E-state index is -0.782. The monoisotopic (exact) mass is 408 g/mol. The van der Waals surface area contributed by atoms with Gasteiger partial charge < -0.3 is 9.47 Å². The van der Waals surface area contributed by atoms with Crippen LogP contribution in [-0.4, -0.2) is 36.3 Å². The van der Waals surface area contributed by atoms with Crippen molar-refractivity contribution < 1.29 is 23.9 Å². The van der Waals surface area contributed by atoms with Crippen LogP contribution in [-0.2, 0) is 4.79 Å². The van der Waals surface area contributed by atoms with Crippen molar-refractivity contribution in [2.75, 3.05) is 13.1 Å². The van der Waals surface area contributed by atoms with E-state index in [2.05, 4.69) is 4.99 Å². The molecule has 156 valence electrons. The lowest BCUT2D eigenvalue weighted by Gasteiger charge is -2.31. The maximum Gasteiger partial charge on any atom is 0.424 e. The number of ether oxygens (including phenoxy) is 2. The number of hydrogen-bond donors (Lipinski definition) is 0. The van der Waals surface area contributed by atoms with Crippen molar-refractivity contribution in [3.63, 3.8) is 0 Å². The fourth-order valence-corrected chi connectivity index (χ4v) is 3.67. The van der Waals surface area contributed by atoms with E-state index in [1.54, 1.807) is 54.6 Å². The Morgan fingerprint density at radius 3 is 1.97 bits per heavy atom. The number of nitrogens with zero attached hydrogens (tertiary/aromatic N) is 2. The zero-order valence-corrected chi connectivity index (χ0v) is 16.6. The second-order valence-electron chi connectivity index (χ2n) is 7.30. The lowest BCUT2D eigenvalue weighted by Crippen LogP contribution is -2.44. The van der Waals surface area contributed by atoms with Crippen molar-refractivity contribution in [3.8, 4) is 11.5 Å². The summed E-state index contributed by atoms with van der Waals surface area (Å²) >= 11 is 0. The summed E-state index contributed by atoms with van der Waals surface area (Å²) in [4.78, 5) is 40.7. The number of aliphatic imine (C=N–C) groups is 1. The molecule has 0 radical (unpaired) electrons.